The van der Waals surface area contributed by atoms with Crippen LogP contribution in [0.15, 0.2) is 48.5 Å². The first kappa shape index (κ1) is 19.3. The van der Waals surface area contributed by atoms with Crippen molar-refractivity contribution in [3.8, 4) is 11.5 Å². The van der Waals surface area contributed by atoms with Crippen molar-refractivity contribution < 1.29 is 19.1 Å². The van der Waals surface area contributed by atoms with Gasteiger partial charge in [0.2, 0.25) is 11.8 Å². The molecule has 0 aliphatic rings. The number of amides is 2. The minimum atomic E-state index is -1.25. The van der Waals surface area contributed by atoms with Crippen molar-refractivity contribution in [2.24, 2.45) is 5.41 Å². The van der Waals surface area contributed by atoms with Crippen LogP contribution >= 0.6 is 0 Å². The average Bonchev–Trinajstić information content (AvgIpc) is 2.67. The first-order valence-electron chi connectivity index (χ1n) is 8.18. The van der Waals surface area contributed by atoms with Crippen LogP contribution in [0.5, 0.6) is 11.5 Å². The van der Waals surface area contributed by atoms with Gasteiger partial charge in [0.1, 0.15) is 5.41 Å². The van der Waals surface area contributed by atoms with Crippen LogP contribution in [-0.4, -0.2) is 33.1 Å². The number of hydrogen-bond acceptors (Lipinski definition) is 4. The molecule has 6 heteroatoms. The zero-order valence-electron chi connectivity index (χ0n) is 15.7. The molecule has 6 nitrogen and oxygen atoms in total. The summed E-state index contributed by atoms with van der Waals surface area (Å²) < 4.78 is 10.4. The lowest BCUT2D eigenvalue weighted by molar-refractivity contribution is -0.136. The SMILES string of the molecule is COc1ccc(NC(=O)C(C)(C)C(=O)N(C)c2ccccc2)cc1OC. The van der Waals surface area contributed by atoms with E-state index in [9.17, 15) is 9.59 Å². The van der Waals surface area contributed by atoms with E-state index < -0.39 is 11.3 Å². The van der Waals surface area contributed by atoms with E-state index in [1.807, 2.05) is 30.3 Å². The van der Waals surface area contributed by atoms with Gasteiger partial charge < -0.3 is 19.7 Å². The predicted octanol–water partition coefficient (Wildman–Crippen LogP) is 3.33. The number of anilines is 2. The molecule has 0 saturated heterocycles. The molecule has 0 atom stereocenters. The van der Waals surface area contributed by atoms with Crippen LogP contribution in [0.4, 0.5) is 11.4 Å². The Labute approximate surface area is 153 Å². The van der Waals surface area contributed by atoms with Gasteiger partial charge in [-0.2, -0.15) is 0 Å². The van der Waals surface area contributed by atoms with Gasteiger partial charge in [0, 0.05) is 24.5 Å². The molecule has 26 heavy (non-hydrogen) atoms. The number of ether oxygens (including phenoxy) is 2. The summed E-state index contributed by atoms with van der Waals surface area (Å²) in [6.07, 6.45) is 0. The van der Waals surface area contributed by atoms with Crippen LogP contribution in [0.1, 0.15) is 13.8 Å². The van der Waals surface area contributed by atoms with Gasteiger partial charge in [-0.05, 0) is 38.1 Å². The van der Waals surface area contributed by atoms with Gasteiger partial charge in [0.15, 0.2) is 11.5 Å². The molecule has 2 aromatic rings. The number of carbonyl (C=O) groups excluding carboxylic acids is 2. The third kappa shape index (κ3) is 3.96. The fraction of sp³-hybridized carbons (Fsp3) is 0.300. The Morgan fingerprint density at radius 3 is 2.15 bits per heavy atom. The van der Waals surface area contributed by atoms with Gasteiger partial charge in [-0.1, -0.05) is 18.2 Å². The van der Waals surface area contributed by atoms with Gasteiger partial charge in [0.05, 0.1) is 14.2 Å². The first-order valence-corrected chi connectivity index (χ1v) is 8.18. The zero-order chi connectivity index (χ0) is 19.3. The summed E-state index contributed by atoms with van der Waals surface area (Å²) in [7, 11) is 4.71. The van der Waals surface area contributed by atoms with Crippen LogP contribution < -0.4 is 19.7 Å². The molecule has 0 aliphatic carbocycles. The summed E-state index contributed by atoms with van der Waals surface area (Å²) in [6.45, 7) is 3.20. The van der Waals surface area contributed by atoms with E-state index in [0.717, 1.165) is 5.69 Å². The largest absolute Gasteiger partial charge is 0.493 e. The molecule has 0 radical (unpaired) electrons. The Morgan fingerprint density at radius 2 is 1.58 bits per heavy atom. The molecule has 0 unspecified atom stereocenters. The molecule has 2 amide bonds. The van der Waals surface area contributed by atoms with Gasteiger partial charge in [0.25, 0.3) is 0 Å². The second kappa shape index (κ2) is 7.91. The van der Waals surface area contributed by atoms with Gasteiger partial charge in [-0.15, -0.1) is 0 Å². The standard InChI is InChI=1S/C20H24N2O4/c1-20(2,19(24)22(3)15-9-7-6-8-10-15)18(23)21-14-11-12-16(25-4)17(13-14)26-5/h6-13H,1-5H3,(H,21,23). The van der Waals surface area contributed by atoms with Crippen molar-refractivity contribution in [2.45, 2.75) is 13.8 Å². The summed E-state index contributed by atoms with van der Waals surface area (Å²) in [6, 6.07) is 14.2. The Hall–Kier alpha value is -3.02. The lowest BCUT2D eigenvalue weighted by Crippen LogP contribution is -2.46. The Morgan fingerprint density at radius 1 is 0.962 bits per heavy atom. The number of nitrogens with one attached hydrogen (secondary N) is 1. The minimum absolute atomic E-state index is 0.304. The highest BCUT2D eigenvalue weighted by atomic mass is 16.5. The number of benzene rings is 2. The highest BCUT2D eigenvalue weighted by Gasteiger charge is 2.38. The Bertz CT molecular complexity index is 788. The molecule has 2 aromatic carbocycles. The van der Waals surface area contributed by atoms with Crippen molar-refractivity contribution in [3.05, 3.63) is 48.5 Å². The number of methoxy groups -OCH3 is 2. The number of para-hydroxylation sites is 1. The normalized spacial score (nSPS) is 10.8. The molecule has 0 saturated carbocycles. The van der Waals surface area contributed by atoms with Crippen molar-refractivity contribution in [1.82, 2.24) is 0 Å². The van der Waals surface area contributed by atoms with Crippen LogP contribution in [0.3, 0.4) is 0 Å². The van der Waals surface area contributed by atoms with Crippen molar-refractivity contribution >= 4 is 23.2 Å². The van der Waals surface area contributed by atoms with E-state index in [1.165, 1.54) is 19.1 Å². The molecule has 138 valence electrons. The van der Waals surface area contributed by atoms with Gasteiger partial charge >= 0.3 is 0 Å². The van der Waals surface area contributed by atoms with Crippen LogP contribution in [0.25, 0.3) is 0 Å². The molecule has 0 aliphatic heterocycles. The first-order chi connectivity index (χ1) is 12.3. The Kier molecular flexibility index (Phi) is 5.87. The smallest absolute Gasteiger partial charge is 0.241 e. The topological polar surface area (TPSA) is 67.9 Å². The number of nitrogens with zero attached hydrogens (tertiary/aromatic N) is 1. The molecular formula is C20H24N2O4. The van der Waals surface area contributed by atoms with Crippen LogP contribution in [0.2, 0.25) is 0 Å². The maximum atomic E-state index is 12.8. The Balaban J connectivity index is 2.18. The van der Waals surface area contributed by atoms with Crippen LogP contribution in [0, 0.1) is 5.41 Å². The zero-order valence-corrected chi connectivity index (χ0v) is 15.7. The summed E-state index contributed by atoms with van der Waals surface area (Å²) in [5.74, 6) is 0.347. The van der Waals surface area contributed by atoms with E-state index in [0.29, 0.717) is 17.2 Å². The lowest BCUT2D eigenvalue weighted by atomic mass is 9.90. The average molecular weight is 356 g/mol. The molecule has 0 aromatic heterocycles. The maximum Gasteiger partial charge on any atom is 0.241 e. The maximum absolute atomic E-state index is 12.8. The molecule has 1 N–H and O–H groups in total. The summed E-state index contributed by atoms with van der Waals surface area (Å²) >= 11 is 0. The van der Waals surface area contributed by atoms with E-state index >= 15 is 0 Å². The highest BCUT2D eigenvalue weighted by Crippen LogP contribution is 2.31. The van der Waals surface area contributed by atoms with Crippen molar-refractivity contribution in [3.63, 3.8) is 0 Å². The van der Waals surface area contributed by atoms with E-state index in [1.54, 1.807) is 39.1 Å². The summed E-state index contributed by atoms with van der Waals surface area (Å²) in [4.78, 5) is 27.1. The second-order valence-electron chi connectivity index (χ2n) is 6.35. The third-order valence-electron chi connectivity index (χ3n) is 4.19. The monoisotopic (exact) mass is 356 g/mol. The molecule has 2 rings (SSSR count). The quantitative estimate of drug-likeness (QED) is 0.806. The molecule has 0 heterocycles. The number of hydrogen-bond donors (Lipinski definition) is 1. The van der Waals surface area contributed by atoms with E-state index in [2.05, 4.69) is 5.32 Å². The van der Waals surface area contributed by atoms with E-state index in [4.69, 9.17) is 9.47 Å². The molecule has 0 bridgehead atoms. The summed E-state index contributed by atoms with van der Waals surface area (Å²) in [5.41, 5.74) is -0.00188. The second-order valence-corrected chi connectivity index (χ2v) is 6.35. The van der Waals surface area contributed by atoms with Gasteiger partial charge in [-0.25, -0.2) is 0 Å². The predicted molar refractivity (Wildman–Crippen MR) is 102 cm³/mol. The van der Waals surface area contributed by atoms with Crippen molar-refractivity contribution in [1.29, 1.82) is 0 Å². The highest BCUT2D eigenvalue weighted by molar-refractivity contribution is 6.14. The van der Waals surface area contributed by atoms with Gasteiger partial charge in [-0.3, -0.25) is 9.59 Å². The summed E-state index contributed by atoms with van der Waals surface area (Å²) in [5, 5.41) is 2.77. The molecule has 0 spiro atoms. The number of carbonyl (C=O) groups is 2. The fourth-order valence-electron chi connectivity index (χ4n) is 2.49. The van der Waals surface area contributed by atoms with E-state index in [-0.39, 0.29) is 5.91 Å². The fourth-order valence-corrected chi connectivity index (χ4v) is 2.49. The van der Waals surface area contributed by atoms with Crippen molar-refractivity contribution in [2.75, 3.05) is 31.5 Å². The lowest BCUT2D eigenvalue weighted by Gasteiger charge is -2.28. The van der Waals surface area contributed by atoms with Crippen LogP contribution in [-0.2, 0) is 9.59 Å². The minimum Gasteiger partial charge on any atom is -0.493 e. The molecular weight excluding hydrogens is 332 g/mol. The molecule has 0 fully saturated rings. The number of rotatable bonds is 6. The third-order valence-corrected chi connectivity index (χ3v) is 4.19.